The zero-order chi connectivity index (χ0) is 19.7. The van der Waals surface area contributed by atoms with E-state index in [-0.39, 0.29) is 23.6 Å². The Labute approximate surface area is 159 Å². The summed E-state index contributed by atoms with van der Waals surface area (Å²) in [5.41, 5.74) is 9.35. The summed E-state index contributed by atoms with van der Waals surface area (Å²) in [6, 6.07) is 17.5. The van der Waals surface area contributed by atoms with Gasteiger partial charge in [-0.1, -0.05) is 30.3 Å². The monoisotopic (exact) mass is 368 g/mol. The first-order chi connectivity index (χ1) is 13.6. The van der Waals surface area contributed by atoms with Crippen molar-refractivity contribution in [1.29, 1.82) is 10.5 Å². The lowest BCUT2D eigenvalue weighted by atomic mass is 10.1. The summed E-state index contributed by atoms with van der Waals surface area (Å²) in [7, 11) is 0. The average Bonchev–Trinajstić information content (AvgIpc) is 3.07. The van der Waals surface area contributed by atoms with Crippen molar-refractivity contribution in [2.75, 3.05) is 5.73 Å². The minimum absolute atomic E-state index is 0.142. The minimum Gasteiger partial charge on any atom is -0.382 e. The van der Waals surface area contributed by atoms with E-state index in [0.717, 1.165) is 0 Å². The fourth-order valence-corrected chi connectivity index (χ4v) is 3.10. The molecule has 0 amide bonds. The van der Waals surface area contributed by atoms with Crippen molar-refractivity contribution in [2.45, 2.75) is 6.42 Å². The summed E-state index contributed by atoms with van der Waals surface area (Å²) in [6.45, 7) is 0. The van der Waals surface area contributed by atoms with Gasteiger partial charge in [0.1, 0.15) is 23.0 Å². The van der Waals surface area contributed by atoms with Gasteiger partial charge in [-0.15, -0.1) is 0 Å². The summed E-state index contributed by atoms with van der Waals surface area (Å²) in [6.07, 6.45) is 1.81. The molecule has 0 spiro atoms. The molecule has 2 heterocycles. The molecule has 0 aliphatic heterocycles. The summed E-state index contributed by atoms with van der Waals surface area (Å²) in [4.78, 5) is 4.38. The lowest BCUT2D eigenvalue weighted by Crippen LogP contribution is -2.00. The maximum absolute atomic E-state index is 14.0. The Hall–Kier alpha value is -4.23. The maximum atomic E-state index is 14.0. The van der Waals surface area contributed by atoms with Crippen LogP contribution in [-0.4, -0.2) is 14.6 Å². The standard InChI is InChI=1S/C21H13FN6/c22-17-7-2-1-5-14(17)9-18-16(11-24)20-21(25)26-19(12-28(20)27-18)15-6-3-4-13(8-15)10-23/h1-8,12H,9H2,(H2,25,26). The minimum atomic E-state index is -0.358. The number of hydrogen-bond acceptors (Lipinski definition) is 5. The quantitative estimate of drug-likeness (QED) is 0.596. The van der Waals surface area contributed by atoms with Gasteiger partial charge in [-0.05, 0) is 23.8 Å². The van der Waals surface area contributed by atoms with Crippen molar-refractivity contribution in [3.8, 4) is 23.4 Å². The number of hydrogen-bond donors (Lipinski definition) is 1. The van der Waals surface area contributed by atoms with E-state index < -0.39 is 0 Å². The molecule has 0 saturated heterocycles. The van der Waals surface area contributed by atoms with Crippen LogP contribution in [0.4, 0.5) is 10.2 Å². The van der Waals surface area contributed by atoms with Gasteiger partial charge in [0.05, 0.1) is 29.2 Å². The van der Waals surface area contributed by atoms with Crippen LogP contribution in [0.3, 0.4) is 0 Å². The van der Waals surface area contributed by atoms with E-state index >= 15 is 0 Å². The highest BCUT2D eigenvalue weighted by molar-refractivity contribution is 5.77. The zero-order valence-electron chi connectivity index (χ0n) is 14.6. The van der Waals surface area contributed by atoms with Crippen molar-refractivity contribution in [3.05, 3.63) is 82.9 Å². The first-order valence-electron chi connectivity index (χ1n) is 8.42. The van der Waals surface area contributed by atoms with Gasteiger partial charge in [0.25, 0.3) is 0 Å². The predicted molar refractivity (Wildman–Crippen MR) is 101 cm³/mol. The highest BCUT2D eigenvalue weighted by Crippen LogP contribution is 2.26. The van der Waals surface area contributed by atoms with Crippen molar-refractivity contribution < 1.29 is 4.39 Å². The Morgan fingerprint density at radius 2 is 1.89 bits per heavy atom. The van der Waals surface area contributed by atoms with Crippen LogP contribution in [0.5, 0.6) is 0 Å². The molecule has 4 aromatic rings. The Bertz CT molecular complexity index is 1290. The van der Waals surface area contributed by atoms with Crippen LogP contribution in [0, 0.1) is 28.5 Å². The van der Waals surface area contributed by atoms with E-state index in [1.807, 2.05) is 6.07 Å². The third kappa shape index (κ3) is 2.91. The highest BCUT2D eigenvalue weighted by Gasteiger charge is 2.18. The largest absolute Gasteiger partial charge is 0.382 e. The van der Waals surface area contributed by atoms with Crippen LogP contribution in [0.15, 0.2) is 54.7 Å². The van der Waals surface area contributed by atoms with E-state index in [1.165, 1.54) is 10.6 Å². The third-order valence-corrected chi connectivity index (χ3v) is 4.43. The number of nitrogens with two attached hydrogens (primary N) is 1. The summed E-state index contributed by atoms with van der Waals surface area (Å²) < 4.78 is 15.5. The van der Waals surface area contributed by atoms with Gasteiger partial charge in [0.15, 0.2) is 5.82 Å². The van der Waals surface area contributed by atoms with Crippen LogP contribution < -0.4 is 5.73 Å². The number of nitrogen functional groups attached to an aromatic ring is 1. The van der Waals surface area contributed by atoms with E-state index in [2.05, 4.69) is 22.2 Å². The fourth-order valence-electron chi connectivity index (χ4n) is 3.10. The van der Waals surface area contributed by atoms with Crippen LogP contribution in [0.1, 0.15) is 22.4 Å². The Morgan fingerprint density at radius 3 is 2.64 bits per heavy atom. The molecule has 2 aromatic carbocycles. The molecule has 134 valence electrons. The molecule has 0 aliphatic rings. The molecule has 0 radical (unpaired) electrons. The fraction of sp³-hybridized carbons (Fsp3) is 0.0476. The SMILES string of the molecule is N#Cc1cccc(-c2cn3nc(Cc4ccccc4F)c(C#N)c3c(N)n2)c1. The number of benzene rings is 2. The molecule has 2 N–H and O–H groups in total. The number of fused-ring (bicyclic) bond motifs is 1. The molecule has 0 bridgehead atoms. The van der Waals surface area contributed by atoms with Gasteiger partial charge in [-0.25, -0.2) is 13.9 Å². The molecule has 6 nitrogen and oxygen atoms in total. The van der Waals surface area contributed by atoms with Gasteiger partial charge in [-0.3, -0.25) is 0 Å². The molecular weight excluding hydrogens is 355 g/mol. The Kier molecular flexibility index (Phi) is 4.19. The lowest BCUT2D eigenvalue weighted by Gasteiger charge is -2.05. The number of aromatic nitrogens is 3. The smallest absolute Gasteiger partial charge is 0.151 e. The van der Waals surface area contributed by atoms with Crippen molar-refractivity contribution in [2.24, 2.45) is 0 Å². The van der Waals surface area contributed by atoms with Gasteiger partial charge >= 0.3 is 0 Å². The maximum Gasteiger partial charge on any atom is 0.151 e. The van der Waals surface area contributed by atoms with Crippen LogP contribution in [0.25, 0.3) is 16.8 Å². The van der Waals surface area contributed by atoms with Gasteiger partial charge in [-0.2, -0.15) is 15.6 Å². The summed E-state index contributed by atoms with van der Waals surface area (Å²) in [5, 5.41) is 23.2. The Morgan fingerprint density at radius 1 is 1.07 bits per heavy atom. The third-order valence-electron chi connectivity index (χ3n) is 4.43. The van der Waals surface area contributed by atoms with E-state index in [0.29, 0.717) is 33.6 Å². The second-order valence-corrected chi connectivity index (χ2v) is 6.20. The Balaban J connectivity index is 1.86. The number of halogens is 1. The van der Waals surface area contributed by atoms with Crippen molar-refractivity contribution in [1.82, 2.24) is 14.6 Å². The van der Waals surface area contributed by atoms with Crippen LogP contribution in [0.2, 0.25) is 0 Å². The van der Waals surface area contributed by atoms with Crippen molar-refractivity contribution >= 4 is 11.3 Å². The van der Waals surface area contributed by atoms with Crippen molar-refractivity contribution in [3.63, 3.8) is 0 Å². The molecule has 0 fully saturated rings. The molecule has 0 aliphatic carbocycles. The second kappa shape index (κ2) is 6.82. The van der Waals surface area contributed by atoms with E-state index in [4.69, 9.17) is 11.0 Å². The lowest BCUT2D eigenvalue weighted by molar-refractivity contribution is 0.613. The molecule has 4 rings (SSSR count). The molecule has 28 heavy (non-hydrogen) atoms. The molecule has 0 unspecified atom stereocenters. The van der Waals surface area contributed by atoms with Crippen LogP contribution >= 0.6 is 0 Å². The van der Waals surface area contributed by atoms with E-state index in [9.17, 15) is 9.65 Å². The predicted octanol–water partition coefficient (Wildman–Crippen LogP) is 3.45. The van der Waals surface area contributed by atoms with Gasteiger partial charge in [0.2, 0.25) is 0 Å². The molecular formula is C21H13FN6. The molecule has 7 heteroatoms. The highest BCUT2D eigenvalue weighted by atomic mass is 19.1. The van der Waals surface area contributed by atoms with Crippen LogP contribution in [-0.2, 0) is 6.42 Å². The topological polar surface area (TPSA) is 104 Å². The van der Waals surface area contributed by atoms with Gasteiger partial charge < -0.3 is 5.73 Å². The first-order valence-corrected chi connectivity index (χ1v) is 8.42. The number of nitriles is 2. The molecule has 0 atom stereocenters. The molecule has 2 aromatic heterocycles. The second-order valence-electron chi connectivity index (χ2n) is 6.20. The number of rotatable bonds is 3. The normalized spacial score (nSPS) is 10.5. The summed E-state index contributed by atoms with van der Waals surface area (Å²) >= 11 is 0. The molecule has 0 saturated carbocycles. The number of anilines is 1. The van der Waals surface area contributed by atoms with E-state index in [1.54, 1.807) is 42.6 Å². The average molecular weight is 368 g/mol. The number of nitrogens with zero attached hydrogens (tertiary/aromatic N) is 5. The van der Waals surface area contributed by atoms with Gasteiger partial charge in [0, 0.05) is 12.0 Å². The zero-order valence-corrected chi connectivity index (χ0v) is 14.6. The summed E-state index contributed by atoms with van der Waals surface area (Å²) in [5.74, 6) is -0.216. The first kappa shape index (κ1) is 17.2.